The minimum atomic E-state index is -0.293. The van der Waals surface area contributed by atoms with Crippen LogP contribution in [-0.2, 0) is 6.42 Å². The van der Waals surface area contributed by atoms with E-state index in [1.165, 1.54) is 33.5 Å². The Kier molecular flexibility index (Phi) is 10.4. The second-order valence-corrected chi connectivity index (χ2v) is 12.4. The first kappa shape index (κ1) is 33.9. The summed E-state index contributed by atoms with van der Waals surface area (Å²) in [6.07, 6.45) is 4.51. The molecule has 2 aromatic heterocycles. The molecule has 0 aliphatic carbocycles. The van der Waals surface area contributed by atoms with Gasteiger partial charge in [0, 0.05) is 44.1 Å². The molecule has 6 rings (SSSR count). The lowest BCUT2D eigenvalue weighted by molar-refractivity contribution is 0.0200. The number of carbonyl (C=O) groups is 1. The molecule has 1 amide bonds. The summed E-state index contributed by atoms with van der Waals surface area (Å²) in [5.74, 6) is 2.34. The Hall–Kier alpha value is -5.03. The van der Waals surface area contributed by atoms with Crippen molar-refractivity contribution >= 4 is 22.9 Å². The molecule has 0 spiro atoms. The maximum Gasteiger partial charge on any atom is 0.255 e. The van der Waals surface area contributed by atoms with E-state index >= 15 is 0 Å². The third-order valence-corrected chi connectivity index (χ3v) is 9.51. The molecule has 3 aromatic carbocycles. The number of amides is 1. The number of hydrogen-bond donors (Lipinski definition) is 2. The molecule has 3 heterocycles. The monoisotopic (exact) mass is 669 g/mol. The van der Waals surface area contributed by atoms with Gasteiger partial charge >= 0.3 is 0 Å². The van der Waals surface area contributed by atoms with E-state index in [-0.39, 0.29) is 29.8 Å². The molecule has 1 aliphatic heterocycles. The number of furan rings is 1. The van der Waals surface area contributed by atoms with Crippen LogP contribution in [0, 0.1) is 5.82 Å². The van der Waals surface area contributed by atoms with Gasteiger partial charge in [0.1, 0.15) is 11.6 Å². The van der Waals surface area contributed by atoms with E-state index in [1.807, 2.05) is 43.4 Å². The summed E-state index contributed by atoms with van der Waals surface area (Å²) in [5, 5.41) is 3.63. The third kappa shape index (κ3) is 7.22. The second-order valence-electron chi connectivity index (χ2n) is 12.4. The van der Waals surface area contributed by atoms with Crippen LogP contribution >= 0.6 is 0 Å². The molecule has 0 saturated carbocycles. The van der Waals surface area contributed by atoms with E-state index in [0.29, 0.717) is 29.2 Å². The third-order valence-electron chi connectivity index (χ3n) is 9.51. The average molecular weight is 670 g/mol. The number of ether oxygens (including phenoxy) is 3. The first-order valence-electron chi connectivity index (χ1n) is 16.7. The molecule has 5 aromatic rings. The molecule has 10 nitrogen and oxygen atoms in total. The zero-order valence-corrected chi connectivity index (χ0v) is 28.7. The predicted octanol–water partition coefficient (Wildman–Crippen LogP) is 7.08. The number of para-hydroxylation sites is 1. The number of H-pyrrole nitrogens is 1. The number of fused-ring (bicyclic) bond motifs is 1. The second kappa shape index (κ2) is 15.0. The predicted molar refractivity (Wildman–Crippen MR) is 187 cm³/mol. The fourth-order valence-electron chi connectivity index (χ4n) is 7.03. The summed E-state index contributed by atoms with van der Waals surface area (Å²) in [7, 11) is 6.43. The Balaban J connectivity index is 1.23. The van der Waals surface area contributed by atoms with Crippen molar-refractivity contribution in [1.29, 1.82) is 0 Å². The normalized spacial score (nSPS) is 15.1. The van der Waals surface area contributed by atoms with Crippen molar-refractivity contribution in [3.05, 3.63) is 101 Å². The summed E-state index contributed by atoms with van der Waals surface area (Å²) in [4.78, 5) is 26.8. The number of carbonyl (C=O) groups excluding carboxylic acids is 1. The van der Waals surface area contributed by atoms with Crippen LogP contribution in [0.3, 0.4) is 0 Å². The number of aromatic nitrogens is 2. The number of nitrogens with one attached hydrogen (secondary N) is 2. The summed E-state index contributed by atoms with van der Waals surface area (Å²) in [6.45, 7) is 3.60. The minimum absolute atomic E-state index is 0.0657. The summed E-state index contributed by atoms with van der Waals surface area (Å²) in [5.41, 5.74) is 4.40. The van der Waals surface area contributed by atoms with Gasteiger partial charge in [0.15, 0.2) is 11.5 Å². The van der Waals surface area contributed by atoms with Crippen molar-refractivity contribution in [2.24, 2.45) is 0 Å². The Morgan fingerprint density at radius 3 is 2.37 bits per heavy atom. The number of hydrogen-bond acceptors (Lipinski definition) is 8. The molecule has 258 valence electrons. The molecule has 2 atom stereocenters. The number of halogens is 1. The molecule has 0 radical (unpaired) electrons. The van der Waals surface area contributed by atoms with Crippen LogP contribution in [0.15, 0.2) is 77.4 Å². The fraction of sp³-hybridized carbons (Fsp3) is 0.368. The molecule has 49 heavy (non-hydrogen) atoms. The van der Waals surface area contributed by atoms with E-state index in [9.17, 15) is 9.18 Å². The molecule has 2 unspecified atom stereocenters. The Morgan fingerprint density at radius 1 is 1.04 bits per heavy atom. The molecule has 0 bridgehead atoms. The number of likely N-dealkylation sites (N-methyl/N-ethyl adjacent to an activating group) is 1. The molecular weight excluding hydrogens is 625 g/mol. The van der Waals surface area contributed by atoms with E-state index in [0.717, 1.165) is 66.2 Å². The zero-order valence-electron chi connectivity index (χ0n) is 28.7. The first-order valence-corrected chi connectivity index (χ1v) is 16.7. The van der Waals surface area contributed by atoms with Gasteiger partial charge < -0.3 is 33.8 Å². The number of aromatic amines is 1. The van der Waals surface area contributed by atoms with E-state index in [2.05, 4.69) is 28.2 Å². The van der Waals surface area contributed by atoms with Gasteiger partial charge in [-0.05, 0) is 72.9 Å². The molecule has 2 N–H and O–H groups in total. The molecule has 1 aliphatic rings. The number of methoxy groups -OCH3 is 3. The van der Waals surface area contributed by atoms with Crippen molar-refractivity contribution in [1.82, 2.24) is 19.8 Å². The van der Waals surface area contributed by atoms with Crippen LogP contribution in [0.25, 0.3) is 11.0 Å². The fourth-order valence-corrected chi connectivity index (χ4v) is 7.03. The van der Waals surface area contributed by atoms with Gasteiger partial charge in [-0.15, -0.1) is 0 Å². The Morgan fingerprint density at radius 2 is 1.76 bits per heavy atom. The van der Waals surface area contributed by atoms with Crippen LogP contribution < -0.4 is 19.5 Å². The van der Waals surface area contributed by atoms with Crippen molar-refractivity contribution in [3.8, 4) is 17.2 Å². The molecule has 1 fully saturated rings. The van der Waals surface area contributed by atoms with Gasteiger partial charge in [-0.2, -0.15) is 0 Å². The first-order chi connectivity index (χ1) is 23.8. The largest absolute Gasteiger partial charge is 0.493 e. The topological polar surface area (TPSA) is 105 Å². The van der Waals surface area contributed by atoms with Gasteiger partial charge in [0.2, 0.25) is 11.7 Å². The maximum atomic E-state index is 14.2. The molecule has 11 heteroatoms. The zero-order chi connectivity index (χ0) is 34.5. The quantitative estimate of drug-likeness (QED) is 0.137. The van der Waals surface area contributed by atoms with Crippen LogP contribution in [-0.4, -0.2) is 79.3 Å². The van der Waals surface area contributed by atoms with E-state index in [4.69, 9.17) is 23.6 Å². The number of anilines is 1. The SMILES string of the molecule is CCC(c1ccc(F)cc1)C(N1CCC(Nc2nc3c(Cc4ccco4)cccc3[nH]2)CC1)N(C)C(=O)c1cc(OC)c(OC)c(OC)c1. The number of rotatable bonds is 13. The number of piperidine rings is 1. The highest BCUT2D eigenvalue weighted by Crippen LogP contribution is 2.39. The van der Waals surface area contributed by atoms with Gasteiger partial charge in [-0.25, -0.2) is 9.37 Å². The highest BCUT2D eigenvalue weighted by Gasteiger charge is 2.36. The standard InChI is InChI=1S/C38H44FN5O5/c1-6-30(24-12-14-27(39)15-13-24)36(43(2)37(45)26-22-32(46-3)35(48-5)33(23-26)47-4)44-18-16-28(17-19-44)40-38-41-31-11-7-9-25(34(31)42-38)21-29-10-8-20-49-29/h7-15,20,22-23,28,30,36H,6,16-19,21H2,1-5H3,(H2,40,41,42). The highest BCUT2D eigenvalue weighted by atomic mass is 19.1. The van der Waals surface area contributed by atoms with Crippen LogP contribution in [0.5, 0.6) is 17.2 Å². The molecule has 1 saturated heterocycles. The summed E-state index contributed by atoms with van der Waals surface area (Å²) in [6, 6.07) is 20.2. The van der Waals surface area contributed by atoms with Crippen molar-refractivity contribution in [3.63, 3.8) is 0 Å². The summed E-state index contributed by atoms with van der Waals surface area (Å²) < 4.78 is 36.1. The molecular formula is C38H44FN5O5. The number of benzene rings is 3. The van der Waals surface area contributed by atoms with Gasteiger partial charge in [-0.3, -0.25) is 9.69 Å². The van der Waals surface area contributed by atoms with Gasteiger partial charge in [0.05, 0.1) is 44.8 Å². The highest BCUT2D eigenvalue weighted by molar-refractivity contribution is 5.95. The van der Waals surface area contributed by atoms with Crippen molar-refractivity contribution in [2.45, 2.75) is 50.7 Å². The lowest BCUT2D eigenvalue weighted by Crippen LogP contribution is -2.55. The average Bonchev–Trinajstić information content (AvgIpc) is 3.80. The number of nitrogens with zero attached hydrogens (tertiary/aromatic N) is 3. The maximum absolute atomic E-state index is 14.2. The number of imidazole rings is 1. The Labute approximate surface area is 286 Å². The van der Waals surface area contributed by atoms with Crippen LogP contribution in [0.4, 0.5) is 10.3 Å². The lowest BCUT2D eigenvalue weighted by atomic mass is 9.90. The smallest absolute Gasteiger partial charge is 0.255 e. The summed E-state index contributed by atoms with van der Waals surface area (Å²) >= 11 is 0. The van der Waals surface area contributed by atoms with Crippen LogP contribution in [0.1, 0.15) is 59.3 Å². The minimum Gasteiger partial charge on any atom is -0.493 e. The van der Waals surface area contributed by atoms with E-state index < -0.39 is 0 Å². The van der Waals surface area contributed by atoms with Crippen molar-refractivity contribution < 1.29 is 27.8 Å². The van der Waals surface area contributed by atoms with Crippen LogP contribution in [0.2, 0.25) is 0 Å². The van der Waals surface area contributed by atoms with Crippen molar-refractivity contribution in [2.75, 3.05) is 46.8 Å². The number of likely N-dealkylation sites (tertiary alicyclic amines) is 1. The van der Waals surface area contributed by atoms with Gasteiger partial charge in [0.25, 0.3) is 5.91 Å². The Bertz CT molecular complexity index is 1830. The van der Waals surface area contributed by atoms with Gasteiger partial charge in [-0.1, -0.05) is 31.2 Å². The van der Waals surface area contributed by atoms with E-state index in [1.54, 1.807) is 23.3 Å². The lowest BCUT2D eigenvalue weighted by Gasteiger charge is -2.45.